The molecule has 8 heteroatoms. The number of nitrogens with zero attached hydrogens (tertiary/aromatic N) is 2. The summed E-state index contributed by atoms with van der Waals surface area (Å²) in [4.78, 5) is 0. The van der Waals surface area contributed by atoms with Crippen LogP contribution in [0.3, 0.4) is 0 Å². The van der Waals surface area contributed by atoms with Crippen LogP contribution < -0.4 is 9.79 Å². The van der Waals surface area contributed by atoms with E-state index in [4.69, 9.17) is 4.55 Å². The van der Waals surface area contributed by atoms with E-state index in [2.05, 4.69) is 9.79 Å². The van der Waals surface area contributed by atoms with Crippen molar-refractivity contribution in [1.82, 2.24) is 5.27 Å². The lowest BCUT2D eigenvalue weighted by Gasteiger charge is -1.93. The summed E-state index contributed by atoms with van der Waals surface area (Å²) in [7, 11) is -4.67. The SMILES string of the molecule is O=S(=O)(O)c1c([O-])on[n+]1-c1ccccc1. The average molecular weight is 242 g/mol. The molecule has 0 aliphatic rings. The van der Waals surface area contributed by atoms with Crippen molar-refractivity contribution < 1.29 is 27.3 Å². The van der Waals surface area contributed by atoms with E-state index in [0.29, 0.717) is 5.69 Å². The fraction of sp³-hybridized carbons (Fsp3) is 0. The second-order valence-electron chi connectivity index (χ2n) is 2.89. The van der Waals surface area contributed by atoms with Crippen molar-refractivity contribution in [2.45, 2.75) is 5.03 Å². The van der Waals surface area contributed by atoms with Gasteiger partial charge in [0.25, 0.3) is 0 Å². The normalized spacial score (nSPS) is 11.6. The Kier molecular flexibility index (Phi) is 2.37. The van der Waals surface area contributed by atoms with Gasteiger partial charge in [-0.2, -0.15) is 8.42 Å². The lowest BCUT2D eigenvalue weighted by atomic mass is 10.3. The molecule has 0 bridgehead atoms. The molecule has 0 saturated heterocycles. The van der Waals surface area contributed by atoms with Crippen molar-refractivity contribution in [2.75, 3.05) is 0 Å². The number of rotatable bonds is 2. The van der Waals surface area contributed by atoms with E-state index in [1.54, 1.807) is 18.2 Å². The van der Waals surface area contributed by atoms with Crippen LogP contribution in [0.15, 0.2) is 39.9 Å². The van der Waals surface area contributed by atoms with E-state index >= 15 is 0 Å². The fourth-order valence-electron chi connectivity index (χ4n) is 1.19. The van der Waals surface area contributed by atoms with Crippen LogP contribution in [0.1, 0.15) is 0 Å². The molecule has 0 aliphatic carbocycles. The minimum Gasteiger partial charge on any atom is -0.538 e. The van der Waals surface area contributed by atoms with Gasteiger partial charge >= 0.3 is 15.1 Å². The Morgan fingerprint density at radius 2 is 1.94 bits per heavy atom. The highest BCUT2D eigenvalue weighted by Crippen LogP contribution is 2.15. The monoisotopic (exact) mass is 242 g/mol. The van der Waals surface area contributed by atoms with Gasteiger partial charge in [0.1, 0.15) is 0 Å². The van der Waals surface area contributed by atoms with Gasteiger partial charge in [-0.15, -0.1) is 0 Å². The Bertz CT molecular complexity index is 605. The molecule has 1 N–H and O–H groups in total. The first-order valence-corrected chi connectivity index (χ1v) is 5.56. The van der Waals surface area contributed by atoms with Gasteiger partial charge in [0, 0.05) is 12.1 Å². The molecule has 0 aliphatic heterocycles. The molecule has 0 amide bonds. The third-order valence-corrected chi connectivity index (χ3v) is 2.65. The number of para-hydroxylation sites is 1. The summed E-state index contributed by atoms with van der Waals surface area (Å²) in [6, 6.07) is 7.97. The Balaban J connectivity index is 2.69. The molecule has 1 aromatic carbocycles. The Morgan fingerprint density at radius 3 is 2.50 bits per heavy atom. The molecule has 2 aromatic rings. The van der Waals surface area contributed by atoms with Crippen LogP contribution in [0.25, 0.3) is 5.69 Å². The Labute approximate surface area is 90.3 Å². The van der Waals surface area contributed by atoms with Crippen molar-refractivity contribution in [2.24, 2.45) is 0 Å². The van der Waals surface area contributed by atoms with E-state index in [-0.39, 0.29) is 0 Å². The summed E-state index contributed by atoms with van der Waals surface area (Å²) in [6.07, 6.45) is 0. The van der Waals surface area contributed by atoms with Crippen molar-refractivity contribution in [3.63, 3.8) is 0 Å². The van der Waals surface area contributed by atoms with Crippen LogP contribution in [0.2, 0.25) is 0 Å². The topological polar surface area (TPSA) is 107 Å². The second kappa shape index (κ2) is 3.58. The van der Waals surface area contributed by atoms with E-state index in [1.165, 1.54) is 12.1 Å². The van der Waals surface area contributed by atoms with E-state index in [1.807, 2.05) is 0 Å². The first-order chi connectivity index (χ1) is 7.50. The molecule has 0 spiro atoms. The molecule has 0 saturated carbocycles. The first-order valence-electron chi connectivity index (χ1n) is 4.12. The van der Waals surface area contributed by atoms with Crippen LogP contribution in [0.4, 0.5) is 0 Å². The Hall–Kier alpha value is -1.93. The van der Waals surface area contributed by atoms with Gasteiger partial charge in [-0.25, -0.2) is 0 Å². The van der Waals surface area contributed by atoms with E-state index in [9.17, 15) is 13.5 Å². The molecule has 84 valence electrons. The van der Waals surface area contributed by atoms with Gasteiger partial charge in [-0.1, -0.05) is 18.2 Å². The molecule has 0 atom stereocenters. The molecular weight excluding hydrogens is 236 g/mol. The number of hydrogen-bond donors (Lipinski definition) is 1. The summed E-state index contributed by atoms with van der Waals surface area (Å²) in [5, 5.41) is 13.4. The molecular formula is C8H6N2O5S. The summed E-state index contributed by atoms with van der Waals surface area (Å²) in [5.41, 5.74) is 0.293. The smallest absolute Gasteiger partial charge is 0.380 e. The summed E-state index contributed by atoms with van der Waals surface area (Å²) < 4.78 is 35.7. The minimum atomic E-state index is -4.67. The zero-order valence-electron chi connectivity index (χ0n) is 7.77. The molecule has 0 unspecified atom stereocenters. The zero-order chi connectivity index (χ0) is 11.8. The Morgan fingerprint density at radius 1 is 1.31 bits per heavy atom. The summed E-state index contributed by atoms with van der Waals surface area (Å²) in [5.74, 6) is -1.22. The maximum atomic E-state index is 11.1. The third-order valence-electron chi connectivity index (χ3n) is 1.82. The average Bonchev–Trinajstić information content (AvgIpc) is 2.61. The number of benzene rings is 1. The summed E-state index contributed by atoms with van der Waals surface area (Å²) >= 11 is 0. The molecule has 16 heavy (non-hydrogen) atoms. The quantitative estimate of drug-likeness (QED) is 0.549. The largest absolute Gasteiger partial charge is 0.538 e. The van der Waals surface area contributed by atoms with Gasteiger partial charge in [-0.3, -0.25) is 4.55 Å². The maximum Gasteiger partial charge on any atom is 0.380 e. The molecule has 1 aromatic heterocycles. The predicted molar refractivity (Wildman–Crippen MR) is 47.3 cm³/mol. The lowest BCUT2D eigenvalue weighted by Crippen LogP contribution is -2.38. The highest BCUT2D eigenvalue weighted by molar-refractivity contribution is 7.85. The highest BCUT2D eigenvalue weighted by Gasteiger charge is 2.31. The van der Waals surface area contributed by atoms with Gasteiger partial charge < -0.3 is 9.63 Å². The molecule has 0 fully saturated rings. The highest BCUT2D eigenvalue weighted by atomic mass is 32.2. The van der Waals surface area contributed by atoms with Gasteiger partial charge in [0.05, 0.1) is 5.27 Å². The standard InChI is InChI=1S/C8H6N2O5S/c11-8-7(16(12,13)14)10(9-15-8)6-4-2-1-3-5-6/h1-5H,(H-,9,11,12,13,14). The molecule has 0 radical (unpaired) electrons. The zero-order valence-corrected chi connectivity index (χ0v) is 8.59. The number of aromatic nitrogens is 2. The minimum absolute atomic E-state index is 0.293. The van der Waals surface area contributed by atoms with Crippen LogP contribution >= 0.6 is 0 Å². The maximum absolute atomic E-state index is 11.1. The van der Waals surface area contributed by atoms with Crippen molar-refractivity contribution in [3.8, 4) is 11.6 Å². The van der Waals surface area contributed by atoms with Crippen molar-refractivity contribution in [1.29, 1.82) is 0 Å². The van der Waals surface area contributed by atoms with Gasteiger partial charge in [-0.05, 0) is 4.68 Å². The van der Waals surface area contributed by atoms with Crippen LogP contribution in [-0.4, -0.2) is 18.2 Å². The van der Waals surface area contributed by atoms with Crippen molar-refractivity contribution in [3.05, 3.63) is 30.3 Å². The molecule has 2 rings (SSSR count). The summed E-state index contributed by atoms with van der Waals surface area (Å²) in [6.45, 7) is 0. The molecule has 7 nitrogen and oxygen atoms in total. The second-order valence-corrected chi connectivity index (χ2v) is 4.22. The fourth-order valence-corrected chi connectivity index (χ4v) is 1.79. The van der Waals surface area contributed by atoms with Gasteiger partial charge in [0.15, 0.2) is 5.95 Å². The van der Waals surface area contributed by atoms with Crippen LogP contribution in [0, 0.1) is 0 Å². The van der Waals surface area contributed by atoms with Crippen molar-refractivity contribution >= 4 is 10.1 Å². The van der Waals surface area contributed by atoms with E-state index in [0.717, 1.165) is 4.68 Å². The third kappa shape index (κ3) is 1.75. The number of hydrogen-bond acceptors (Lipinski definition) is 5. The first kappa shape index (κ1) is 10.6. The van der Waals surface area contributed by atoms with Crippen LogP contribution in [0.5, 0.6) is 5.95 Å². The van der Waals surface area contributed by atoms with Crippen LogP contribution in [-0.2, 0) is 10.1 Å². The van der Waals surface area contributed by atoms with E-state index < -0.39 is 21.1 Å². The predicted octanol–water partition coefficient (Wildman–Crippen LogP) is -0.728. The molecule has 1 heterocycles. The van der Waals surface area contributed by atoms with Gasteiger partial charge in [0.2, 0.25) is 5.69 Å². The lowest BCUT2D eigenvalue weighted by molar-refractivity contribution is -0.706.